The largest absolute Gasteiger partial charge is 0.493 e. The van der Waals surface area contributed by atoms with Crippen LogP contribution in [0.25, 0.3) is 0 Å². The van der Waals surface area contributed by atoms with E-state index in [-0.39, 0.29) is 17.2 Å². The topological polar surface area (TPSA) is 113 Å². The summed E-state index contributed by atoms with van der Waals surface area (Å²) in [4.78, 5) is 13.0. The molecule has 0 aromatic heterocycles. The predicted molar refractivity (Wildman–Crippen MR) is 162 cm³/mol. The summed E-state index contributed by atoms with van der Waals surface area (Å²) in [7, 11) is 1.55. The number of ether oxygens (including phenoxy) is 5. The van der Waals surface area contributed by atoms with Gasteiger partial charge in [-0.25, -0.2) is 4.79 Å². The number of methoxy groups -OCH3 is 1. The number of rotatable bonds is 10. The number of allylic oxidation sites excluding steroid dienone is 1. The van der Waals surface area contributed by atoms with E-state index >= 15 is 0 Å². The molecule has 4 aromatic carbocycles. The highest BCUT2D eigenvalue weighted by molar-refractivity contribution is 6.30. The molecule has 1 heterocycles. The summed E-state index contributed by atoms with van der Waals surface area (Å²) in [5, 5.41) is 10.7. The first-order valence-electron chi connectivity index (χ1n) is 13.6. The number of carbonyl (C=O) groups excluding carboxylic acids is 1. The summed E-state index contributed by atoms with van der Waals surface area (Å²) >= 11 is 5.98. The van der Waals surface area contributed by atoms with Gasteiger partial charge in [0.15, 0.2) is 11.5 Å². The van der Waals surface area contributed by atoms with Crippen molar-refractivity contribution < 1.29 is 28.5 Å². The first-order chi connectivity index (χ1) is 20.9. The van der Waals surface area contributed by atoms with E-state index in [9.17, 15) is 10.1 Å². The van der Waals surface area contributed by atoms with E-state index in [4.69, 9.17) is 41.0 Å². The first-order valence-corrected chi connectivity index (χ1v) is 14.0. The molecule has 4 aromatic rings. The minimum atomic E-state index is -0.570. The summed E-state index contributed by atoms with van der Waals surface area (Å²) in [5.74, 6) is 0.932. The van der Waals surface area contributed by atoms with Gasteiger partial charge in [0.05, 0.1) is 19.6 Å². The molecule has 9 heteroatoms. The van der Waals surface area contributed by atoms with Crippen LogP contribution in [0.5, 0.6) is 28.7 Å². The fourth-order valence-electron chi connectivity index (χ4n) is 4.70. The smallest absolute Gasteiger partial charge is 0.347 e. The van der Waals surface area contributed by atoms with E-state index in [1.807, 2.05) is 31.2 Å². The van der Waals surface area contributed by atoms with Crippen molar-refractivity contribution in [1.29, 1.82) is 5.26 Å². The normalized spacial score (nSPS) is 13.8. The van der Waals surface area contributed by atoms with Gasteiger partial charge in [0.25, 0.3) is 0 Å². The second-order valence-electron chi connectivity index (χ2n) is 9.68. The molecule has 0 saturated heterocycles. The molecule has 0 saturated carbocycles. The summed E-state index contributed by atoms with van der Waals surface area (Å²) in [6.45, 7) is 2.78. The lowest BCUT2D eigenvalue weighted by molar-refractivity contribution is 0.0730. The van der Waals surface area contributed by atoms with Crippen LogP contribution in [0.3, 0.4) is 0 Å². The van der Waals surface area contributed by atoms with Gasteiger partial charge in [-0.05, 0) is 60.0 Å². The Morgan fingerprint density at radius 3 is 2.51 bits per heavy atom. The molecule has 43 heavy (non-hydrogen) atoms. The van der Waals surface area contributed by atoms with Gasteiger partial charge in [0.2, 0.25) is 5.88 Å². The number of hydrogen-bond donors (Lipinski definition) is 1. The highest BCUT2D eigenvalue weighted by Crippen LogP contribution is 2.45. The molecule has 218 valence electrons. The van der Waals surface area contributed by atoms with E-state index in [2.05, 4.69) is 6.07 Å². The molecule has 1 aliphatic heterocycles. The number of para-hydroxylation sites is 1. The minimum Gasteiger partial charge on any atom is -0.493 e. The van der Waals surface area contributed by atoms with Crippen LogP contribution in [0.1, 0.15) is 46.3 Å². The van der Waals surface area contributed by atoms with Crippen molar-refractivity contribution in [2.45, 2.75) is 25.9 Å². The number of nitrogens with two attached hydrogens (primary N) is 1. The molecule has 1 unspecified atom stereocenters. The lowest BCUT2D eigenvalue weighted by atomic mass is 9.83. The SMILES string of the molecule is CCCOc1ccccc1C(=O)Oc1ccc2c(c1)OC(N)=C(C#N)C2c1ccc(OCc2ccc(Cl)cc2)c(OC)c1. The minimum absolute atomic E-state index is 0.0381. The molecule has 2 N–H and O–H groups in total. The molecule has 0 amide bonds. The Labute approximate surface area is 254 Å². The van der Waals surface area contributed by atoms with Crippen LogP contribution >= 0.6 is 11.6 Å². The van der Waals surface area contributed by atoms with E-state index in [1.165, 1.54) is 0 Å². The second-order valence-corrected chi connectivity index (χ2v) is 10.1. The Kier molecular flexibility index (Phi) is 9.04. The van der Waals surface area contributed by atoms with E-state index in [1.54, 1.807) is 67.8 Å². The zero-order valence-electron chi connectivity index (χ0n) is 23.6. The van der Waals surface area contributed by atoms with Gasteiger partial charge in [0.1, 0.15) is 41.1 Å². The molecule has 0 fully saturated rings. The van der Waals surface area contributed by atoms with Crippen LogP contribution in [0.2, 0.25) is 5.02 Å². The van der Waals surface area contributed by atoms with Crippen molar-refractivity contribution >= 4 is 17.6 Å². The van der Waals surface area contributed by atoms with Crippen molar-refractivity contribution in [3.63, 3.8) is 0 Å². The maximum absolute atomic E-state index is 13.0. The zero-order valence-corrected chi connectivity index (χ0v) is 24.4. The van der Waals surface area contributed by atoms with Crippen molar-refractivity contribution in [2.24, 2.45) is 5.73 Å². The fourth-order valence-corrected chi connectivity index (χ4v) is 4.83. The van der Waals surface area contributed by atoms with Crippen LogP contribution in [-0.2, 0) is 6.61 Å². The third-order valence-corrected chi connectivity index (χ3v) is 7.05. The number of nitriles is 1. The molecule has 0 bridgehead atoms. The molecular formula is C34H29ClN2O6. The lowest BCUT2D eigenvalue weighted by Crippen LogP contribution is -2.21. The van der Waals surface area contributed by atoms with Crippen LogP contribution in [0, 0.1) is 11.3 Å². The first kappa shape index (κ1) is 29.4. The van der Waals surface area contributed by atoms with Gasteiger partial charge in [-0.2, -0.15) is 5.26 Å². The number of esters is 1. The van der Waals surface area contributed by atoms with Crippen LogP contribution in [-0.4, -0.2) is 19.7 Å². The maximum Gasteiger partial charge on any atom is 0.347 e. The van der Waals surface area contributed by atoms with Crippen molar-refractivity contribution in [3.8, 4) is 34.8 Å². The maximum atomic E-state index is 13.0. The molecule has 1 aliphatic rings. The van der Waals surface area contributed by atoms with E-state index in [0.29, 0.717) is 52.4 Å². The predicted octanol–water partition coefficient (Wildman–Crippen LogP) is 7.15. The van der Waals surface area contributed by atoms with Gasteiger partial charge in [-0.3, -0.25) is 0 Å². The number of carbonyl (C=O) groups is 1. The van der Waals surface area contributed by atoms with Crippen molar-refractivity contribution in [2.75, 3.05) is 13.7 Å². The van der Waals surface area contributed by atoms with Gasteiger partial charge in [0, 0.05) is 16.7 Å². The van der Waals surface area contributed by atoms with Crippen LogP contribution in [0.15, 0.2) is 96.4 Å². The number of hydrogen-bond acceptors (Lipinski definition) is 8. The molecule has 8 nitrogen and oxygen atoms in total. The Balaban J connectivity index is 1.41. The third-order valence-electron chi connectivity index (χ3n) is 6.80. The summed E-state index contributed by atoms with van der Waals surface area (Å²) < 4.78 is 28.8. The van der Waals surface area contributed by atoms with Gasteiger partial charge >= 0.3 is 5.97 Å². The molecular weight excluding hydrogens is 568 g/mol. The Morgan fingerprint density at radius 1 is 0.977 bits per heavy atom. The summed E-state index contributed by atoms with van der Waals surface area (Å²) in [6.07, 6.45) is 0.803. The van der Waals surface area contributed by atoms with Gasteiger partial charge in [-0.1, -0.05) is 54.9 Å². The Bertz CT molecular complexity index is 1710. The fraction of sp³-hybridized carbons (Fsp3) is 0.176. The number of halogens is 1. The zero-order chi connectivity index (χ0) is 30.3. The third kappa shape index (κ3) is 6.53. The average molecular weight is 597 g/mol. The standard InChI is InChI=1S/C34H29ClN2O6/c1-3-16-40-28-7-5-4-6-26(28)34(38)42-24-13-14-25-30(18-24)43-33(37)27(19-36)32(25)22-10-15-29(31(17-22)39-2)41-20-21-8-11-23(35)12-9-21/h4-15,17-18,32H,3,16,20,37H2,1-2H3. The average Bonchev–Trinajstić information content (AvgIpc) is 3.02. The van der Waals surface area contributed by atoms with Gasteiger partial charge < -0.3 is 29.4 Å². The van der Waals surface area contributed by atoms with E-state index in [0.717, 1.165) is 17.5 Å². The molecule has 0 spiro atoms. The Morgan fingerprint density at radius 2 is 1.77 bits per heavy atom. The van der Waals surface area contributed by atoms with E-state index < -0.39 is 11.9 Å². The summed E-state index contributed by atoms with van der Waals surface area (Å²) in [6, 6.07) is 26.9. The molecule has 0 radical (unpaired) electrons. The molecule has 1 atom stereocenters. The number of benzene rings is 4. The number of fused-ring (bicyclic) bond motifs is 1. The Hall–Kier alpha value is -5.13. The molecule has 0 aliphatic carbocycles. The van der Waals surface area contributed by atoms with Gasteiger partial charge in [-0.15, -0.1) is 0 Å². The number of nitrogens with zero attached hydrogens (tertiary/aromatic N) is 1. The van der Waals surface area contributed by atoms with Crippen molar-refractivity contribution in [1.82, 2.24) is 0 Å². The van der Waals surface area contributed by atoms with Crippen LogP contribution in [0.4, 0.5) is 0 Å². The van der Waals surface area contributed by atoms with Crippen LogP contribution < -0.4 is 29.4 Å². The molecule has 5 rings (SSSR count). The quantitative estimate of drug-likeness (QED) is 0.152. The highest BCUT2D eigenvalue weighted by Gasteiger charge is 2.32. The lowest BCUT2D eigenvalue weighted by Gasteiger charge is -2.27. The highest BCUT2D eigenvalue weighted by atomic mass is 35.5. The summed E-state index contributed by atoms with van der Waals surface area (Å²) in [5.41, 5.74) is 9.13. The monoisotopic (exact) mass is 596 g/mol. The second kappa shape index (κ2) is 13.2. The van der Waals surface area contributed by atoms with Crippen molar-refractivity contribution in [3.05, 3.63) is 124 Å².